The molecule has 0 spiro atoms. The number of rotatable bonds is 8. The van der Waals surface area contributed by atoms with Crippen LogP contribution in [0.5, 0.6) is 0 Å². The molecule has 5 rings (SSSR count). The van der Waals surface area contributed by atoms with Gasteiger partial charge in [-0.15, -0.1) is 10.2 Å². The third-order valence-corrected chi connectivity index (χ3v) is 7.74. The summed E-state index contributed by atoms with van der Waals surface area (Å²) in [5.41, 5.74) is 0.110. The number of aromatic nitrogens is 7. The minimum Gasteiger partial charge on any atom is -0.341 e. The van der Waals surface area contributed by atoms with Crippen molar-refractivity contribution in [3.05, 3.63) is 26.7 Å². The molecule has 0 bridgehead atoms. The van der Waals surface area contributed by atoms with Crippen LogP contribution in [0.15, 0.2) is 14.7 Å². The molecule has 3 aromatic rings. The second-order valence-electron chi connectivity index (χ2n) is 9.37. The van der Waals surface area contributed by atoms with E-state index in [1.807, 2.05) is 7.05 Å². The van der Waals surface area contributed by atoms with Crippen molar-refractivity contribution in [1.82, 2.24) is 33.9 Å². The number of aromatic amines is 1. The number of thioether (sulfide) groups is 1. The van der Waals surface area contributed by atoms with Gasteiger partial charge in [-0.25, -0.2) is 9.78 Å². The first-order chi connectivity index (χ1) is 16.0. The highest BCUT2D eigenvalue weighted by Gasteiger charge is 2.32. The van der Waals surface area contributed by atoms with Crippen LogP contribution >= 0.6 is 11.8 Å². The van der Waals surface area contributed by atoms with E-state index in [4.69, 9.17) is 4.98 Å². The van der Waals surface area contributed by atoms with Gasteiger partial charge in [0, 0.05) is 32.7 Å². The Morgan fingerprint density at radius 2 is 1.88 bits per heavy atom. The van der Waals surface area contributed by atoms with E-state index in [-0.39, 0.29) is 0 Å². The Labute approximate surface area is 196 Å². The number of imidazole rings is 1. The highest BCUT2D eigenvalue weighted by Crippen LogP contribution is 2.42. The average molecular weight is 473 g/mol. The van der Waals surface area contributed by atoms with Crippen LogP contribution in [0.1, 0.15) is 64.2 Å². The smallest absolute Gasteiger partial charge is 0.330 e. The summed E-state index contributed by atoms with van der Waals surface area (Å²) in [5, 5.41) is 10.0. The standard InChI is InChI=1S/C22H32N8O2S/c1-4-5-10-29-18-17(19(31)24-21(29)32)27(3)16(23-18)13-33-22-26-25-20(30(22)15-6-7-15)28-11-8-14(2)9-12-28/h14-15H,4-13H2,1-3H3,(H,24,31,32). The number of aryl methyl sites for hydroxylation is 2. The number of fused-ring (bicyclic) bond motifs is 1. The van der Waals surface area contributed by atoms with Crippen molar-refractivity contribution in [2.24, 2.45) is 13.0 Å². The zero-order valence-corrected chi connectivity index (χ0v) is 20.4. The highest BCUT2D eigenvalue weighted by molar-refractivity contribution is 7.98. The Morgan fingerprint density at radius 3 is 2.58 bits per heavy atom. The van der Waals surface area contributed by atoms with Crippen LogP contribution < -0.4 is 16.1 Å². The van der Waals surface area contributed by atoms with Gasteiger partial charge in [0.15, 0.2) is 16.3 Å². The Bertz CT molecular complexity index is 1260. The fourth-order valence-electron chi connectivity index (χ4n) is 4.52. The number of H-pyrrole nitrogens is 1. The van der Waals surface area contributed by atoms with Gasteiger partial charge in [0.25, 0.3) is 5.56 Å². The number of anilines is 1. The zero-order valence-electron chi connectivity index (χ0n) is 19.6. The lowest BCUT2D eigenvalue weighted by Crippen LogP contribution is -2.34. The summed E-state index contributed by atoms with van der Waals surface area (Å²) in [7, 11) is 1.83. The molecular weight excluding hydrogens is 440 g/mol. The molecule has 0 unspecified atom stereocenters. The van der Waals surface area contributed by atoms with Crippen molar-refractivity contribution in [3.8, 4) is 0 Å². The van der Waals surface area contributed by atoms with Crippen LogP contribution in [0.2, 0.25) is 0 Å². The SMILES string of the molecule is CCCCn1c(=O)[nH]c(=O)c2c1nc(CSc1nnc(N3CCC(C)CC3)n1C1CC1)n2C. The molecule has 1 saturated carbocycles. The fraction of sp³-hybridized carbons (Fsp3) is 0.682. The van der Waals surface area contributed by atoms with Gasteiger partial charge in [-0.3, -0.25) is 18.9 Å². The number of hydrogen-bond acceptors (Lipinski definition) is 7. The zero-order chi connectivity index (χ0) is 23.1. The van der Waals surface area contributed by atoms with Crippen molar-refractivity contribution >= 4 is 28.9 Å². The first kappa shape index (κ1) is 22.2. The Balaban J connectivity index is 1.42. The molecule has 1 aliphatic heterocycles. The van der Waals surface area contributed by atoms with Crippen LogP contribution in [0.3, 0.4) is 0 Å². The average Bonchev–Trinajstić information content (AvgIpc) is 3.46. The molecule has 3 aromatic heterocycles. The fourth-order valence-corrected chi connectivity index (χ4v) is 5.50. The van der Waals surface area contributed by atoms with Gasteiger partial charge in [-0.1, -0.05) is 32.0 Å². The van der Waals surface area contributed by atoms with Gasteiger partial charge in [0.1, 0.15) is 5.82 Å². The van der Waals surface area contributed by atoms with Gasteiger partial charge in [0.05, 0.1) is 5.75 Å². The minimum absolute atomic E-state index is 0.392. The third-order valence-electron chi connectivity index (χ3n) is 6.80. The van der Waals surface area contributed by atoms with Crippen LogP contribution in [0.25, 0.3) is 11.2 Å². The van der Waals surface area contributed by atoms with Crippen LogP contribution in [0, 0.1) is 5.92 Å². The molecule has 4 heterocycles. The summed E-state index contributed by atoms with van der Waals surface area (Å²) in [4.78, 5) is 34.4. The molecule has 1 N–H and O–H groups in total. The van der Waals surface area contributed by atoms with Gasteiger partial charge < -0.3 is 9.47 Å². The Kier molecular flexibility index (Phi) is 6.07. The Morgan fingerprint density at radius 1 is 1.12 bits per heavy atom. The van der Waals surface area contributed by atoms with Crippen molar-refractivity contribution in [3.63, 3.8) is 0 Å². The first-order valence-electron chi connectivity index (χ1n) is 12.0. The predicted octanol–water partition coefficient (Wildman–Crippen LogP) is 2.68. The summed E-state index contributed by atoms with van der Waals surface area (Å²) in [5.74, 6) is 3.05. The third kappa shape index (κ3) is 4.22. The molecule has 178 valence electrons. The lowest BCUT2D eigenvalue weighted by molar-refractivity contribution is 0.429. The molecule has 0 atom stereocenters. The minimum atomic E-state index is -0.396. The van der Waals surface area contributed by atoms with Gasteiger partial charge >= 0.3 is 5.69 Å². The summed E-state index contributed by atoms with van der Waals surface area (Å²) < 4.78 is 5.68. The van der Waals surface area contributed by atoms with E-state index in [9.17, 15) is 9.59 Å². The second kappa shape index (κ2) is 9.00. The summed E-state index contributed by atoms with van der Waals surface area (Å²) in [6.07, 6.45) is 6.51. The number of hydrogen-bond donors (Lipinski definition) is 1. The van der Waals surface area contributed by atoms with E-state index in [2.05, 4.69) is 38.5 Å². The number of nitrogens with one attached hydrogen (secondary N) is 1. The quantitative estimate of drug-likeness (QED) is 0.502. The molecule has 0 radical (unpaired) electrons. The molecule has 0 aromatic carbocycles. The van der Waals surface area contributed by atoms with Crippen molar-refractivity contribution in [2.75, 3.05) is 18.0 Å². The number of piperidine rings is 1. The maximum Gasteiger partial charge on any atom is 0.330 e. The number of nitrogens with zero attached hydrogens (tertiary/aromatic N) is 7. The van der Waals surface area contributed by atoms with Gasteiger partial charge in [-0.05, 0) is 38.0 Å². The molecule has 11 heteroatoms. The van der Waals surface area contributed by atoms with E-state index >= 15 is 0 Å². The van der Waals surface area contributed by atoms with Gasteiger partial charge in [-0.2, -0.15) is 0 Å². The second-order valence-corrected chi connectivity index (χ2v) is 10.3. The summed E-state index contributed by atoms with van der Waals surface area (Å²) in [6.45, 7) is 6.98. The van der Waals surface area contributed by atoms with E-state index in [1.165, 1.54) is 12.8 Å². The summed E-state index contributed by atoms with van der Waals surface area (Å²) >= 11 is 1.60. The van der Waals surface area contributed by atoms with Crippen molar-refractivity contribution < 1.29 is 0 Å². The molecule has 2 aliphatic rings. The maximum absolute atomic E-state index is 12.5. The van der Waals surface area contributed by atoms with Crippen molar-refractivity contribution in [1.29, 1.82) is 0 Å². The normalized spacial score (nSPS) is 17.4. The molecule has 0 amide bonds. The molecular formula is C22H32N8O2S. The monoisotopic (exact) mass is 472 g/mol. The lowest BCUT2D eigenvalue weighted by atomic mass is 10.00. The summed E-state index contributed by atoms with van der Waals surface area (Å²) in [6, 6.07) is 0.472. The van der Waals surface area contributed by atoms with E-state index in [1.54, 1.807) is 20.9 Å². The van der Waals surface area contributed by atoms with E-state index in [0.29, 0.717) is 29.5 Å². The molecule has 33 heavy (non-hydrogen) atoms. The number of unbranched alkanes of at least 4 members (excludes halogenated alkanes) is 1. The Hall–Kier alpha value is -2.56. The van der Waals surface area contributed by atoms with Crippen molar-refractivity contribution in [2.45, 2.75) is 75.9 Å². The predicted molar refractivity (Wildman–Crippen MR) is 129 cm³/mol. The maximum atomic E-state index is 12.5. The molecule has 2 fully saturated rings. The first-order valence-corrected chi connectivity index (χ1v) is 13.0. The molecule has 1 aliphatic carbocycles. The topological polar surface area (TPSA) is 107 Å². The molecule has 1 saturated heterocycles. The molecule has 10 nitrogen and oxygen atoms in total. The highest BCUT2D eigenvalue weighted by atomic mass is 32.2. The van der Waals surface area contributed by atoms with E-state index in [0.717, 1.165) is 61.6 Å². The van der Waals surface area contributed by atoms with Crippen LogP contribution in [0.4, 0.5) is 5.95 Å². The van der Waals surface area contributed by atoms with Gasteiger partial charge in [0.2, 0.25) is 5.95 Å². The van der Waals surface area contributed by atoms with E-state index < -0.39 is 11.2 Å². The lowest BCUT2D eigenvalue weighted by Gasteiger charge is -2.31. The van der Waals surface area contributed by atoms with Crippen LogP contribution in [-0.4, -0.2) is 47.0 Å². The van der Waals surface area contributed by atoms with Crippen LogP contribution in [-0.2, 0) is 19.3 Å². The largest absolute Gasteiger partial charge is 0.341 e.